The number of hydrogen-bond acceptors (Lipinski definition) is 4. The number of nitrogens with two attached hydrogens (primary N) is 1. The molecule has 6 heteroatoms. The number of rotatable bonds is 7. The lowest BCUT2D eigenvalue weighted by Crippen LogP contribution is -2.88. The average molecular weight is 397 g/mol. The molecule has 2 aromatic rings. The number of aromatic nitrogens is 2. The van der Waals surface area contributed by atoms with Gasteiger partial charge in [-0.3, -0.25) is 4.79 Å². The van der Waals surface area contributed by atoms with E-state index in [1.54, 1.807) is 12.4 Å². The number of quaternary nitrogens is 1. The molecule has 1 aromatic carbocycles. The number of carbonyl (C=O) groups is 1. The van der Waals surface area contributed by atoms with Gasteiger partial charge >= 0.3 is 0 Å². The van der Waals surface area contributed by atoms with Gasteiger partial charge in [-0.15, -0.1) is 0 Å². The molecule has 1 aliphatic rings. The quantitative estimate of drug-likeness (QED) is 0.779. The summed E-state index contributed by atoms with van der Waals surface area (Å²) in [5, 5.41) is 2.20. The number of amides is 1. The normalized spacial score (nSPS) is 15.8. The van der Waals surface area contributed by atoms with Gasteiger partial charge in [0.1, 0.15) is 6.04 Å². The van der Waals surface area contributed by atoms with Gasteiger partial charge < -0.3 is 15.1 Å². The van der Waals surface area contributed by atoms with Gasteiger partial charge in [0, 0.05) is 50.1 Å². The van der Waals surface area contributed by atoms with Gasteiger partial charge in [0.2, 0.25) is 5.95 Å². The number of anilines is 1. The van der Waals surface area contributed by atoms with Crippen molar-refractivity contribution in [2.75, 3.05) is 37.6 Å². The Bertz CT molecular complexity index is 768. The molecule has 0 saturated carbocycles. The molecule has 0 unspecified atom stereocenters. The summed E-state index contributed by atoms with van der Waals surface area (Å²) in [4.78, 5) is 25.5. The Morgan fingerprint density at radius 2 is 1.55 bits per heavy atom. The van der Waals surface area contributed by atoms with Crippen LogP contribution in [0.1, 0.15) is 50.8 Å². The van der Waals surface area contributed by atoms with Crippen molar-refractivity contribution in [3.05, 3.63) is 53.9 Å². The van der Waals surface area contributed by atoms with Crippen molar-refractivity contribution in [1.82, 2.24) is 14.9 Å². The minimum atomic E-state index is 0.211. The molecule has 6 nitrogen and oxygen atoms in total. The fourth-order valence-electron chi connectivity index (χ4n) is 3.86. The van der Waals surface area contributed by atoms with Crippen molar-refractivity contribution >= 4 is 11.9 Å². The predicted octanol–water partition coefficient (Wildman–Crippen LogP) is 2.21. The molecular formula is C23H34N5O+. The number of hydrogen-bond donors (Lipinski definition) is 1. The van der Waals surface area contributed by atoms with E-state index in [0.29, 0.717) is 24.4 Å². The van der Waals surface area contributed by atoms with Crippen LogP contribution in [0.25, 0.3) is 0 Å². The molecule has 3 rings (SSSR count). The Kier molecular flexibility index (Phi) is 7.20. The Labute approximate surface area is 174 Å². The van der Waals surface area contributed by atoms with E-state index in [9.17, 15) is 4.79 Å². The van der Waals surface area contributed by atoms with Crippen molar-refractivity contribution in [3.8, 4) is 0 Å². The van der Waals surface area contributed by atoms with Crippen LogP contribution in [0.2, 0.25) is 0 Å². The summed E-state index contributed by atoms with van der Waals surface area (Å²) in [7, 11) is 0. The second kappa shape index (κ2) is 9.83. The zero-order valence-corrected chi connectivity index (χ0v) is 18.1. The van der Waals surface area contributed by atoms with E-state index in [-0.39, 0.29) is 5.91 Å². The molecule has 0 radical (unpaired) electrons. The summed E-state index contributed by atoms with van der Waals surface area (Å²) in [6.45, 7) is 12.4. The molecule has 2 N–H and O–H groups in total. The molecule has 0 spiro atoms. The van der Waals surface area contributed by atoms with Gasteiger partial charge in [0.25, 0.3) is 5.91 Å². The minimum absolute atomic E-state index is 0.211. The van der Waals surface area contributed by atoms with Crippen molar-refractivity contribution in [2.24, 2.45) is 5.92 Å². The maximum atomic E-state index is 12.8. The van der Waals surface area contributed by atoms with Crippen LogP contribution in [-0.4, -0.2) is 53.5 Å². The molecule has 156 valence electrons. The maximum absolute atomic E-state index is 12.8. The van der Waals surface area contributed by atoms with Crippen LogP contribution in [-0.2, 0) is 4.79 Å². The third kappa shape index (κ3) is 5.54. The summed E-state index contributed by atoms with van der Waals surface area (Å²) in [6.07, 6.45) is 3.52. The van der Waals surface area contributed by atoms with Gasteiger partial charge in [-0.1, -0.05) is 52.0 Å². The largest absolute Gasteiger partial charge is 0.337 e. The molecule has 1 fully saturated rings. The lowest BCUT2D eigenvalue weighted by Gasteiger charge is -2.34. The van der Waals surface area contributed by atoms with E-state index in [4.69, 9.17) is 0 Å². The average Bonchev–Trinajstić information content (AvgIpc) is 2.74. The molecule has 29 heavy (non-hydrogen) atoms. The topological polar surface area (TPSA) is 65.9 Å². The Hall–Kier alpha value is -2.47. The van der Waals surface area contributed by atoms with Crippen LogP contribution < -0.4 is 10.2 Å². The number of piperazine rings is 1. The first-order valence-electron chi connectivity index (χ1n) is 10.7. The smallest absolute Gasteiger partial charge is 0.277 e. The summed E-state index contributed by atoms with van der Waals surface area (Å²) in [5.74, 6) is 1.95. The van der Waals surface area contributed by atoms with E-state index < -0.39 is 0 Å². The van der Waals surface area contributed by atoms with E-state index >= 15 is 0 Å². The summed E-state index contributed by atoms with van der Waals surface area (Å²) in [6, 6.07) is 11.0. The maximum Gasteiger partial charge on any atom is 0.277 e. The first-order chi connectivity index (χ1) is 14.0. The lowest BCUT2D eigenvalue weighted by molar-refractivity contribution is -0.692. The lowest BCUT2D eigenvalue weighted by atomic mass is 9.93. The van der Waals surface area contributed by atoms with Crippen LogP contribution in [0.4, 0.5) is 5.95 Å². The third-order valence-electron chi connectivity index (χ3n) is 5.72. The van der Waals surface area contributed by atoms with Gasteiger partial charge in [0.15, 0.2) is 6.54 Å². The summed E-state index contributed by atoms with van der Waals surface area (Å²) >= 11 is 0. The van der Waals surface area contributed by atoms with Crippen molar-refractivity contribution in [3.63, 3.8) is 0 Å². The zero-order valence-electron chi connectivity index (χ0n) is 18.1. The number of carbonyl (C=O) groups excluding carboxylic acids is 1. The highest BCUT2D eigenvalue weighted by atomic mass is 16.2. The highest BCUT2D eigenvalue weighted by molar-refractivity contribution is 5.77. The van der Waals surface area contributed by atoms with E-state index in [2.05, 4.69) is 72.1 Å². The van der Waals surface area contributed by atoms with Gasteiger partial charge in [0.05, 0.1) is 0 Å². The molecule has 2 heterocycles. The first-order valence-corrected chi connectivity index (χ1v) is 10.7. The fraction of sp³-hybridized carbons (Fsp3) is 0.522. The van der Waals surface area contributed by atoms with Crippen LogP contribution in [0.15, 0.2) is 42.7 Å². The van der Waals surface area contributed by atoms with Crippen molar-refractivity contribution < 1.29 is 10.1 Å². The molecule has 1 amide bonds. The molecule has 1 aliphatic heterocycles. The molecule has 0 bridgehead atoms. The van der Waals surface area contributed by atoms with Gasteiger partial charge in [-0.2, -0.15) is 0 Å². The Balaban J connectivity index is 1.53. The van der Waals surface area contributed by atoms with Crippen LogP contribution >= 0.6 is 0 Å². The standard InChI is InChI=1S/C23H33N5O/c1-17(2)19-6-8-20(9-7-19)22(18(3)4)26-16-21(29)27-12-14-28(15-13-27)23-24-10-5-11-25-23/h5-11,17-18,22,26H,12-16H2,1-4H3/p+1/t22-/m1/s1. The summed E-state index contributed by atoms with van der Waals surface area (Å²) in [5.41, 5.74) is 2.65. The van der Waals surface area contributed by atoms with Gasteiger partial charge in [-0.05, 0) is 17.5 Å². The van der Waals surface area contributed by atoms with E-state index in [0.717, 1.165) is 32.1 Å². The second-order valence-electron chi connectivity index (χ2n) is 8.45. The number of nitrogens with zero attached hydrogens (tertiary/aromatic N) is 4. The van der Waals surface area contributed by atoms with Crippen LogP contribution in [0.5, 0.6) is 0 Å². The molecule has 1 atom stereocenters. The third-order valence-corrected chi connectivity index (χ3v) is 5.72. The summed E-state index contributed by atoms with van der Waals surface area (Å²) < 4.78 is 0. The molecular weight excluding hydrogens is 362 g/mol. The minimum Gasteiger partial charge on any atom is -0.337 e. The van der Waals surface area contributed by atoms with Gasteiger partial charge in [-0.25, -0.2) is 9.97 Å². The Morgan fingerprint density at radius 3 is 2.10 bits per heavy atom. The van der Waals surface area contributed by atoms with Crippen molar-refractivity contribution in [2.45, 2.75) is 39.7 Å². The Morgan fingerprint density at radius 1 is 0.966 bits per heavy atom. The molecule has 0 aliphatic carbocycles. The fourth-order valence-corrected chi connectivity index (χ4v) is 3.86. The number of benzene rings is 1. The SMILES string of the molecule is CC(C)c1ccc([C@H]([NH2+]CC(=O)N2CCN(c3ncccn3)CC2)C(C)C)cc1. The monoisotopic (exact) mass is 396 g/mol. The predicted molar refractivity (Wildman–Crippen MR) is 116 cm³/mol. The molecule has 1 aromatic heterocycles. The molecule has 1 saturated heterocycles. The van der Waals surface area contributed by atoms with Crippen LogP contribution in [0.3, 0.4) is 0 Å². The zero-order chi connectivity index (χ0) is 20.8. The van der Waals surface area contributed by atoms with Crippen LogP contribution in [0, 0.1) is 5.92 Å². The highest BCUT2D eigenvalue weighted by Crippen LogP contribution is 2.21. The van der Waals surface area contributed by atoms with E-state index in [1.165, 1.54) is 11.1 Å². The second-order valence-corrected chi connectivity index (χ2v) is 8.45. The van der Waals surface area contributed by atoms with E-state index in [1.807, 2.05) is 11.0 Å². The highest BCUT2D eigenvalue weighted by Gasteiger charge is 2.26. The van der Waals surface area contributed by atoms with Crippen molar-refractivity contribution in [1.29, 1.82) is 0 Å². The first kappa shape index (κ1) is 21.2.